The first-order valence-corrected chi connectivity index (χ1v) is 11.8. The minimum Gasteiger partial charge on any atom is -0.497 e. The average Bonchev–Trinajstić information content (AvgIpc) is 2.80. The van der Waals surface area contributed by atoms with Gasteiger partial charge in [-0.05, 0) is 62.1 Å². The Hall–Kier alpha value is -2.40. The van der Waals surface area contributed by atoms with Gasteiger partial charge in [0.2, 0.25) is 5.91 Å². The molecule has 0 bridgehead atoms. The van der Waals surface area contributed by atoms with E-state index in [4.69, 9.17) is 9.72 Å². The quantitative estimate of drug-likeness (QED) is 0.724. The number of pyridine rings is 1. The van der Waals surface area contributed by atoms with Gasteiger partial charge in [-0.2, -0.15) is 0 Å². The van der Waals surface area contributed by atoms with Crippen LogP contribution in [0, 0.1) is 0 Å². The SMILES string of the molecule is COc1cccc(Cc2cccc([C@@H]3CCCN(CC(=O)NC4CCCCC4)C3)n2)c1. The molecule has 1 aromatic heterocycles. The summed E-state index contributed by atoms with van der Waals surface area (Å²) in [7, 11) is 1.70. The lowest BCUT2D eigenvalue weighted by Gasteiger charge is -2.32. The van der Waals surface area contributed by atoms with Crippen molar-refractivity contribution < 1.29 is 9.53 Å². The fourth-order valence-electron chi connectivity index (χ4n) is 4.98. The average molecular weight is 422 g/mol. The first-order valence-electron chi connectivity index (χ1n) is 11.8. The number of hydrogen-bond acceptors (Lipinski definition) is 4. The van der Waals surface area contributed by atoms with E-state index in [1.165, 1.54) is 24.8 Å². The van der Waals surface area contributed by atoms with E-state index >= 15 is 0 Å². The van der Waals surface area contributed by atoms with Crippen molar-refractivity contribution in [3.63, 3.8) is 0 Å². The molecule has 2 heterocycles. The van der Waals surface area contributed by atoms with Crippen LogP contribution in [0.4, 0.5) is 0 Å². The van der Waals surface area contributed by atoms with Crippen molar-refractivity contribution >= 4 is 5.91 Å². The Balaban J connectivity index is 1.34. The van der Waals surface area contributed by atoms with Gasteiger partial charge < -0.3 is 10.1 Å². The van der Waals surface area contributed by atoms with Crippen molar-refractivity contribution in [2.24, 2.45) is 0 Å². The predicted octanol–water partition coefficient (Wildman–Crippen LogP) is 4.31. The molecule has 1 saturated carbocycles. The van der Waals surface area contributed by atoms with Crippen LogP contribution in [-0.2, 0) is 11.2 Å². The number of nitrogens with one attached hydrogen (secondary N) is 1. The largest absolute Gasteiger partial charge is 0.497 e. The monoisotopic (exact) mass is 421 g/mol. The summed E-state index contributed by atoms with van der Waals surface area (Å²) in [5, 5.41) is 3.26. The molecule has 0 radical (unpaired) electrons. The van der Waals surface area contributed by atoms with E-state index in [1.807, 2.05) is 12.1 Å². The number of amides is 1. The van der Waals surface area contributed by atoms with E-state index in [9.17, 15) is 4.79 Å². The second-order valence-corrected chi connectivity index (χ2v) is 9.06. The summed E-state index contributed by atoms with van der Waals surface area (Å²) in [6.45, 7) is 2.42. The van der Waals surface area contributed by atoms with Crippen molar-refractivity contribution in [1.82, 2.24) is 15.2 Å². The number of carbonyl (C=O) groups is 1. The number of methoxy groups -OCH3 is 1. The van der Waals surface area contributed by atoms with Gasteiger partial charge >= 0.3 is 0 Å². The second-order valence-electron chi connectivity index (χ2n) is 9.06. The summed E-state index contributed by atoms with van der Waals surface area (Å²) in [6.07, 6.45) is 9.12. The molecule has 2 aromatic rings. The van der Waals surface area contributed by atoms with Gasteiger partial charge in [-0.25, -0.2) is 0 Å². The zero-order valence-corrected chi connectivity index (χ0v) is 18.7. The van der Waals surface area contributed by atoms with Crippen LogP contribution in [0.3, 0.4) is 0 Å². The van der Waals surface area contributed by atoms with E-state index < -0.39 is 0 Å². The maximum absolute atomic E-state index is 12.6. The molecule has 2 fully saturated rings. The molecule has 1 aliphatic carbocycles. The highest BCUT2D eigenvalue weighted by Gasteiger charge is 2.25. The Labute approximate surface area is 186 Å². The van der Waals surface area contributed by atoms with Crippen LogP contribution in [0.1, 0.15) is 67.8 Å². The Bertz CT molecular complexity index is 863. The maximum Gasteiger partial charge on any atom is 0.234 e. The topological polar surface area (TPSA) is 54.5 Å². The van der Waals surface area contributed by atoms with Gasteiger partial charge in [0, 0.05) is 36.3 Å². The predicted molar refractivity (Wildman–Crippen MR) is 123 cm³/mol. The molecule has 5 heteroatoms. The fourth-order valence-corrected chi connectivity index (χ4v) is 4.98. The van der Waals surface area contributed by atoms with Crippen LogP contribution in [0.25, 0.3) is 0 Å². The second kappa shape index (κ2) is 10.8. The summed E-state index contributed by atoms with van der Waals surface area (Å²) in [4.78, 5) is 19.8. The number of aromatic nitrogens is 1. The third-order valence-electron chi connectivity index (χ3n) is 6.61. The Morgan fingerprint density at radius 3 is 2.77 bits per heavy atom. The van der Waals surface area contributed by atoms with Gasteiger partial charge in [0.05, 0.1) is 13.7 Å². The fraction of sp³-hybridized carbons (Fsp3) is 0.538. The molecule has 31 heavy (non-hydrogen) atoms. The number of hydrogen-bond donors (Lipinski definition) is 1. The van der Waals surface area contributed by atoms with Crippen molar-refractivity contribution in [1.29, 1.82) is 0 Å². The lowest BCUT2D eigenvalue weighted by Crippen LogP contribution is -2.45. The molecule has 166 valence electrons. The summed E-state index contributed by atoms with van der Waals surface area (Å²) >= 11 is 0. The first-order chi connectivity index (χ1) is 15.2. The highest BCUT2D eigenvalue weighted by Crippen LogP contribution is 2.26. The number of piperidine rings is 1. The Kier molecular flexibility index (Phi) is 7.57. The van der Waals surface area contributed by atoms with E-state index in [1.54, 1.807) is 7.11 Å². The summed E-state index contributed by atoms with van der Waals surface area (Å²) in [6, 6.07) is 14.9. The normalized spacial score (nSPS) is 20.4. The third kappa shape index (κ3) is 6.30. The van der Waals surface area contributed by atoms with Crippen LogP contribution >= 0.6 is 0 Å². The van der Waals surface area contributed by atoms with Crippen molar-refractivity contribution in [2.45, 2.75) is 63.3 Å². The number of nitrogens with zero attached hydrogens (tertiary/aromatic N) is 2. The molecule has 1 amide bonds. The van der Waals surface area contributed by atoms with Crippen LogP contribution in [-0.4, -0.2) is 48.6 Å². The summed E-state index contributed by atoms with van der Waals surface area (Å²) < 4.78 is 5.34. The molecule has 0 unspecified atom stereocenters. The Morgan fingerprint density at radius 2 is 1.94 bits per heavy atom. The molecule has 5 nitrogen and oxygen atoms in total. The summed E-state index contributed by atoms with van der Waals surface area (Å²) in [5.74, 6) is 1.46. The van der Waals surface area contributed by atoms with Gasteiger partial charge in [-0.3, -0.25) is 14.7 Å². The standard InChI is InChI=1S/C26H35N3O2/c1-31-24-13-5-8-20(17-24)16-23-12-6-14-25(27-23)21-9-7-15-29(18-21)19-26(30)28-22-10-3-2-4-11-22/h5-6,8,12-14,17,21-22H,2-4,7,9-11,15-16,18-19H2,1H3,(H,28,30)/t21-/m1/s1. The van der Waals surface area contributed by atoms with Crippen molar-refractivity contribution in [2.75, 3.05) is 26.7 Å². The zero-order valence-electron chi connectivity index (χ0n) is 18.7. The van der Waals surface area contributed by atoms with Gasteiger partial charge in [-0.15, -0.1) is 0 Å². The highest BCUT2D eigenvalue weighted by atomic mass is 16.5. The number of likely N-dealkylation sites (tertiary alicyclic amines) is 1. The van der Waals surface area contributed by atoms with Crippen LogP contribution in [0.5, 0.6) is 5.75 Å². The van der Waals surface area contributed by atoms with E-state index in [2.05, 4.69) is 40.5 Å². The third-order valence-corrected chi connectivity index (χ3v) is 6.61. The van der Waals surface area contributed by atoms with E-state index in [-0.39, 0.29) is 5.91 Å². The van der Waals surface area contributed by atoms with Crippen LogP contribution < -0.4 is 10.1 Å². The number of benzene rings is 1. The smallest absolute Gasteiger partial charge is 0.234 e. The molecule has 1 N–H and O–H groups in total. The minimum atomic E-state index is 0.187. The zero-order chi connectivity index (χ0) is 21.5. The lowest BCUT2D eigenvalue weighted by atomic mass is 9.93. The molecule has 0 spiro atoms. The lowest BCUT2D eigenvalue weighted by molar-refractivity contribution is -0.123. The highest BCUT2D eigenvalue weighted by molar-refractivity contribution is 5.78. The van der Waals surface area contributed by atoms with Crippen LogP contribution in [0.15, 0.2) is 42.5 Å². The van der Waals surface area contributed by atoms with Crippen molar-refractivity contribution in [3.05, 3.63) is 59.4 Å². The molecule has 1 aliphatic heterocycles. The van der Waals surface area contributed by atoms with Gasteiger partial charge in [-0.1, -0.05) is 37.5 Å². The number of carbonyl (C=O) groups excluding carboxylic acids is 1. The maximum atomic E-state index is 12.6. The van der Waals surface area contributed by atoms with E-state index in [0.717, 1.165) is 62.3 Å². The van der Waals surface area contributed by atoms with Gasteiger partial charge in [0.25, 0.3) is 0 Å². The molecule has 1 saturated heterocycles. The molecule has 4 rings (SSSR count). The molecule has 2 aliphatic rings. The minimum absolute atomic E-state index is 0.187. The number of ether oxygens (including phenoxy) is 1. The Morgan fingerprint density at radius 1 is 1.10 bits per heavy atom. The van der Waals surface area contributed by atoms with Gasteiger partial charge in [0.1, 0.15) is 5.75 Å². The summed E-state index contributed by atoms with van der Waals surface area (Å²) in [5.41, 5.74) is 3.43. The van der Waals surface area contributed by atoms with Crippen molar-refractivity contribution in [3.8, 4) is 5.75 Å². The van der Waals surface area contributed by atoms with Gasteiger partial charge in [0.15, 0.2) is 0 Å². The number of rotatable bonds is 7. The van der Waals surface area contributed by atoms with E-state index in [0.29, 0.717) is 18.5 Å². The van der Waals surface area contributed by atoms with Crippen LogP contribution in [0.2, 0.25) is 0 Å². The molecule has 1 atom stereocenters. The molecular formula is C26H35N3O2. The first kappa shape index (κ1) is 21.8. The molecular weight excluding hydrogens is 386 g/mol. The molecule has 1 aromatic carbocycles.